The van der Waals surface area contributed by atoms with Gasteiger partial charge < -0.3 is 4.74 Å². The minimum absolute atomic E-state index is 0.112. The number of hydrazone groups is 1. The smallest absolute Gasteiger partial charge is 0.213 e. The summed E-state index contributed by atoms with van der Waals surface area (Å²) in [7, 11) is 0. The molecule has 134 valence electrons. The number of ether oxygens (including phenoxy) is 1. The molecule has 0 N–H and O–H groups in total. The van der Waals surface area contributed by atoms with Crippen LogP contribution in [-0.4, -0.2) is 10.7 Å². The van der Waals surface area contributed by atoms with Gasteiger partial charge in [-0.05, 0) is 30.7 Å². The molecule has 0 bridgehead atoms. The van der Waals surface area contributed by atoms with Crippen molar-refractivity contribution in [2.75, 3.05) is 0 Å². The van der Waals surface area contributed by atoms with Crippen molar-refractivity contribution in [3.8, 4) is 5.75 Å². The van der Waals surface area contributed by atoms with Crippen molar-refractivity contribution in [3.63, 3.8) is 0 Å². The molecule has 4 heteroatoms. The van der Waals surface area contributed by atoms with Crippen LogP contribution in [0.1, 0.15) is 40.9 Å². The number of benzene rings is 3. The van der Waals surface area contributed by atoms with Crippen LogP contribution >= 0.6 is 0 Å². The van der Waals surface area contributed by atoms with Gasteiger partial charge in [0.1, 0.15) is 11.6 Å². The molecule has 0 aliphatic carbocycles. The molecule has 0 saturated heterocycles. The van der Waals surface area contributed by atoms with E-state index in [4.69, 9.17) is 9.84 Å². The zero-order valence-electron chi connectivity index (χ0n) is 15.0. The summed E-state index contributed by atoms with van der Waals surface area (Å²) in [6.07, 6.45) is 0.498. The van der Waals surface area contributed by atoms with Crippen molar-refractivity contribution < 1.29 is 9.13 Å². The first-order valence-corrected chi connectivity index (χ1v) is 9.13. The van der Waals surface area contributed by atoms with E-state index < -0.39 is 0 Å². The van der Waals surface area contributed by atoms with Crippen molar-refractivity contribution in [3.05, 3.63) is 101 Å². The first-order chi connectivity index (χ1) is 13.2. The molecule has 2 aliphatic rings. The number of fused-ring (bicyclic) bond motifs is 3. The molecule has 2 unspecified atom stereocenters. The number of hydrogen-bond acceptors (Lipinski definition) is 3. The van der Waals surface area contributed by atoms with Gasteiger partial charge in [-0.15, -0.1) is 0 Å². The quantitative estimate of drug-likeness (QED) is 0.615. The van der Waals surface area contributed by atoms with Gasteiger partial charge in [0.2, 0.25) is 6.23 Å². The van der Waals surface area contributed by atoms with Crippen molar-refractivity contribution in [1.29, 1.82) is 0 Å². The molecule has 0 spiro atoms. The number of para-hydroxylation sites is 1. The summed E-state index contributed by atoms with van der Waals surface area (Å²) >= 11 is 0. The third kappa shape index (κ3) is 2.78. The average Bonchev–Trinajstić information content (AvgIpc) is 3.14. The van der Waals surface area contributed by atoms with E-state index in [0.717, 1.165) is 34.6 Å². The summed E-state index contributed by atoms with van der Waals surface area (Å²) in [5.74, 6) is 0.668. The lowest BCUT2D eigenvalue weighted by Gasteiger charge is -2.38. The van der Waals surface area contributed by atoms with Gasteiger partial charge in [-0.2, -0.15) is 5.10 Å². The minimum Gasteiger partial charge on any atom is -0.464 e. The largest absolute Gasteiger partial charge is 0.464 e. The van der Waals surface area contributed by atoms with E-state index in [2.05, 4.69) is 37.3 Å². The van der Waals surface area contributed by atoms with Gasteiger partial charge in [0, 0.05) is 17.5 Å². The van der Waals surface area contributed by atoms with Crippen LogP contribution < -0.4 is 4.74 Å². The third-order valence-electron chi connectivity index (χ3n) is 5.24. The van der Waals surface area contributed by atoms with Gasteiger partial charge in [0.15, 0.2) is 0 Å². The first kappa shape index (κ1) is 16.1. The van der Waals surface area contributed by atoms with Crippen molar-refractivity contribution in [2.45, 2.75) is 25.6 Å². The Morgan fingerprint density at radius 3 is 2.48 bits per heavy atom. The maximum Gasteiger partial charge on any atom is 0.213 e. The molecule has 2 atom stereocenters. The monoisotopic (exact) mass is 358 g/mol. The van der Waals surface area contributed by atoms with E-state index in [1.807, 2.05) is 23.2 Å². The summed E-state index contributed by atoms with van der Waals surface area (Å²) in [5.41, 5.74) is 5.33. The van der Waals surface area contributed by atoms with Crippen LogP contribution in [0.3, 0.4) is 0 Å². The lowest BCUT2D eigenvalue weighted by molar-refractivity contribution is -0.0190. The van der Waals surface area contributed by atoms with Gasteiger partial charge >= 0.3 is 0 Å². The van der Waals surface area contributed by atoms with E-state index in [9.17, 15) is 4.39 Å². The Kier molecular flexibility index (Phi) is 3.71. The molecule has 0 fully saturated rings. The lowest BCUT2D eigenvalue weighted by atomic mass is 9.96. The first-order valence-electron chi connectivity index (χ1n) is 9.13. The van der Waals surface area contributed by atoms with Crippen LogP contribution in [0.5, 0.6) is 5.75 Å². The number of nitrogens with zero attached hydrogens (tertiary/aromatic N) is 2. The van der Waals surface area contributed by atoms with Gasteiger partial charge in [0.25, 0.3) is 0 Å². The molecular formula is C23H19FN2O. The van der Waals surface area contributed by atoms with Crippen LogP contribution in [0.15, 0.2) is 77.9 Å². The lowest BCUT2D eigenvalue weighted by Crippen LogP contribution is -2.33. The molecular weight excluding hydrogens is 339 g/mol. The highest BCUT2D eigenvalue weighted by atomic mass is 19.1. The van der Waals surface area contributed by atoms with Crippen LogP contribution in [0.4, 0.5) is 4.39 Å². The second kappa shape index (κ2) is 6.23. The third-order valence-corrected chi connectivity index (χ3v) is 5.24. The highest BCUT2D eigenvalue weighted by molar-refractivity contribution is 6.01. The van der Waals surface area contributed by atoms with Gasteiger partial charge in [-0.1, -0.05) is 60.2 Å². The zero-order chi connectivity index (χ0) is 18.4. The second-order valence-corrected chi connectivity index (χ2v) is 7.07. The maximum absolute atomic E-state index is 13.3. The number of halogens is 1. The maximum atomic E-state index is 13.3. The number of hydrogen-bond donors (Lipinski definition) is 0. The molecule has 3 nitrogen and oxygen atoms in total. The van der Waals surface area contributed by atoms with E-state index in [1.54, 1.807) is 12.1 Å². The summed E-state index contributed by atoms with van der Waals surface area (Å²) in [4.78, 5) is 0. The van der Waals surface area contributed by atoms with Crippen LogP contribution in [0, 0.1) is 12.7 Å². The van der Waals surface area contributed by atoms with E-state index in [1.165, 1.54) is 17.7 Å². The molecule has 5 rings (SSSR count). The van der Waals surface area contributed by atoms with Gasteiger partial charge in [-0.3, -0.25) is 0 Å². The van der Waals surface area contributed by atoms with E-state index in [-0.39, 0.29) is 18.1 Å². The van der Waals surface area contributed by atoms with E-state index >= 15 is 0 Å². The fourth-order valence-corrected chi connectivity index (χ4v) is 3.80. The Morgan fingerprint density at radius 1 is 0.963 bits per heavy atom. The molecule has 2 aliphatic heterocycles. The highest BCUT2D eigenvalue weighted by Gasteiger charge is 2.40. The Balaban J connectivity index is 1.58. The minimum atomic E-state index is -0.275. The predicted molar refractivity (Wildman–Crippen MR) is 103 cm³/mol. The van der Waals surface area contributed by atoms with Crippen LogP contribution in [0.25, 0.3) is 0 Å². The highest BCUT2D eigenvalue weighted by Crippen LogP contribution is 2.47. The summed E-state index contributed by atoms with van der Waals surface area (Å²) in [6.45, 7) is 2.07. The Bertz CT molecular complexity index is 1010. The molecule has 27 heavy (non-hydrogen) atoms. The van der Waals surface area contributed by atoms with Crippen molar-refractivity contribution in [2.24, 2.45) is 5.10 Å². The zero-order valence-corrected chi connectivity index (χ0v) is 15.0. The standard InChI is InChI=1S/C23H19FN2O/c1-15-6-8-17(9-7-15)23-26-21(19-4-2-3-5-22(19)27-23)14-20(25-26)16-10-12-18(24)13-11-16/h2-13,21,23H,14H2,1H3. The Labute approximate surface area is 157 Å². The second-order valence-electron chi connectivity index (χ2n) is 7.07. The van der Waals surface area contributed by atoms with Crippen molar-refractivity contribution in [1.82, 2.24) is 5.01 Å². The molecule has 3 aromatic rings. The fraction of sp³-hybridized carbons (Fsp3) is 0.174. The molecule has 0 radical (unpaired) electrons. The van der Waals surface area contributed by atoms with Crippen molar-refractivity contribution >= 4 is 5.71 Å². The summed E-state index contributed by atoms with van der Waals surface area (Å²) < 4.78 is 19.6. The summed E-state index contributed by atoms with van der Waals surface area (Å²) in [6, 6.07) is 23.2. The number of aryl methyl sites for hydroxylation is 1. The SMILES string of the molecule is Cc1ccc(C2Oc3ccccc3C3CC(c4ccc(F)cc4)=NN32)cc1. The fourth-order valence-electron chi connectivity index (χ4n) is 3.80. The molecule has 0 saturated carbocycles. The van der Waals surface area contributed by atoms with Crippen LogP contribution in [-0.2, 0) is 0 Å². The molecule has 3 aromatic carbocycles. The van der Waals surface area contributed by atoms with Gasteiger partial charge in [-0.25, -0.2) is 9.40 Å². The van der Waals surface area contributed by atoms with Gasteiger partial charge in [0.05, 0.1) is 11.8 Å². The Morgan fingerprint density at radius 2 is 1.70 bits per heavy atom. The average molecular weight is 358 g/mol. The topological polar surface area (TPSA) is 24.8 Å². The molecule has 0 amide bonds. The normalized spacial score (nSPS) is 20.5. The summed E-state index contributed by atoms with van der Waals surface area (Å²) in [5, 5.41) is 6.94. The van der Waals surface area contributed by atoms with Crippen LogP contribution in [0.2, 0.25) is 0 Å². The number of rotatable bonds is 2. The molecule has 0 aromatic heterocycles. The molecule has 2 heterocycles. The van der Waals surface area contributed by atoms with E-state index in [0.29, 0.717) is 0 Å². The Hall–Kier alpha value is -3.14. The predicted octanol–water partition coefficient (Wildman–Crippen LogP) is 5.38.